The van der Waals surface area contributed by atoms with Crippen LogP contribution in [0, 0.1) is 6.92 Å². The monoisotopic (exact) mass is 457 g/mol. The molecule has 34 heavy (non-hydrogen) atoms. The molecule has 0 saturated carbocycles. The molecular weight excluding hydrogens is 434 g/mol. The van der Waals surface area contributed by atoms with Crippen molar-refractivity contribution in [2.24, 2.45) is 5.10 Å². The summed E-state index contributed by atoms with van der Waals surface area (Å²) in [6.07, 6.45) is 4.30. The van der Waals surface area contributed by atoms with Crippen LogP contribution in [0.1, 0.15) is 16.7 Å². The van der Waals surface area contributed by atoms with Gasteiger partial charge in [-0.25, -0.2) is 10.2 Å². The molecule has 0 atom stereocenters. The topological polar surface area (TPSA) is 106 Å². The number of ether oxygens (including phenoxy) is 2. The zero-order valence-electron chi connectivity index (χ0n) is 18.6. The maximum atomic E-state index is 12.1. The van der Waals surface area contributed by atoms with Crippen molar-refractivity contribution >= 4 is 35.8 Å². The standard InChI is InChI=1S/C26H23N3O5/c1-18-8-6-7-11-21(18)28-25(31)26(32)29-27-17-20-12-14-22(23(16-20)33-2)34-24(30)15-13-19-9-4-3-5-10-19/h3-17H,1-2H3,(H,28,31)(H,29,32)/b15-13+,27-17+. The molecule has 8 nitrogen and oxygen atoms in total. The van der Waals surface area contributed by atoms with Crippen LogP contribution in [-0.2, 0) is 14.4 Å². The molecule has 0 aliphatic carbocycles. The van der Waals surface area contributed by atoms with E-state index in [2.05, 4.69) is 15.8 Å². The highest BCUT2D eigenvalue weighted by Gasteiger charge is 2.14. The summed E-state index contributed by atoms with van der Waals surface area (Å²) < 4.78 is 10.6. The van der Waals surface area contributed by atoms with E-state index in [1.54, 1.807) is 36.4 Å². The molecule has 0 aliphatic heterocycles. The summed E-state index contributed by atoms with van der Waals surface area (Å²) in [5.74, 6) is -1.79. The van der Waals surface area contributed by atoms with Gasteiger partial charge in [-0.3, -0.25) is 9.59 Å². The molecular formula is C26H23N3O5. The Hall–Kier alpha value is -4.72. The van der Waals surface area contributed by atoms with Crippen molar-refractivity contribution in [2.75, 3.05) is 12.4 Å². The maximum absolute atomic E-state index is 12.1. The predicted octanol–water partition coefficient (Wildman–Crippen LogP) is 3.71. The van der Waals surface area contributed by atoms with Crippen LogP contribution in [0.5, 0.6) is 11.5 Å². The highest BCUT2D eigenvalue weighted by atomic mass is 16.6. The Morgan fingerprint density at radius 3 is 2.32 bits per heavy atom. The first-order valence-electron chi connectivity index (χ1n) is 10.3. The Labute approximate surface area is 196 Å². The van der Waals surface area contributed by atoms with Gasteiger partial charge in [0.2, 0.25) is 0 Å². The number of aryl methyl sites for hydroxylation is 1. The van der Waals surface area contributed by atoms with Gasteiger partial charge in [0.1, 0.15) is 0 Å². The number of para-hydroxylation sites is 1. The summed E-state index contributed by atoms with van der Waals surface area (Å²) in [5.41, 5.74) is 4.96. The van der Waals surface area contributed by atoms with Crippen molar-refractivity contribution < 1.29 is 23.9 Å². The lowest BCUT2D eigenvalue weighted by molar-refractivity contribution is -0.136. The van der Waals surface area contributed by atoms with Crippen molar-refractivity contribution in [1.82, 2.24) is 5.43 Å². The molecule has 0 bridgehead atoms. The summed E-state index contributed by atoms with van der Waals surface area (Å²) >= 11 is 0. The van der Waals surface area contributed by atoms with Crippen LogP contribution in [0.4, 0.5) is 5.69 Å². The van der Waals surface area contributed by atoms with Gasteiger partial charge in [0.05, 0.1) is 13.3 Å². The smallest absolute Gasteiger partial charge is 0.336 e. The van der Waals surface area contributed by atoms with Crippen LogP contribution in [0.2, 0.25) is 0 Å². The van der Waals surface area contributed by atoms with Gasteiger partial charge in [-0.2, -0.15) is 5.10 Å². The van der Waals surface area contributed by atoms with E-state index in [4.69, 9.17) is 9.47 Å². The van der Waals surface area contributed by atoms with Gasteiger partial charge < -0.3 is 14.8 Å². The fourth-order valence-electron chi connectivity index (χ4n) is 2.83. The van der Waals surface area contributed by atoms with Gasteiger partial charge in [0, 0.05) is 11.8 Å². The minimum Gasteiger partial charge on any atom is -0.493 e. The molecule has 0 unspecified atom stereocenters. The lowest BCUT2D eigenvalue weighted by Gasteiger charge is -2.08. The van der Waals surface area contributed by atoms with Crippen LogP contribution < -0.4 is 20.2 Å². The second-order valence-corrected chi connectivity index (χ2v) is 7.04. The molecule has 3 aromatic rings. The number of nitrogens with zero attached hydrogens (tertiary/aromatic N) is 1. The quantitative estimate of drug-likeness (QED) is 0.141. The number of nitrogens with one attached hydrogen (secondary N) is 2. The number of carbonyl (C=O) groups excluding carboxylic acids is 3. The molecule has 0 aliphatic rings. The number of hydrogen-bond donors (Lipinski definition) is 2. The van der Waals surface area contributed by atoms with Crippen molar-refractivity contribution in [2.45, 2.75) is 6.92 Å². The second kappa shape index (κ2) is 11.8. The zero-order chi connectivity index (χ0) is 24.3. The molecule has 2 N–H and O–H groups in total. The molecule has 2 amide bonds. The number of methoxy groups -OCH3 is 1. The van der Waals surface area contributed by atoms with E-state index in [1.165, 1.54) is 19.4 Å². The number of rotatable bonds is 7. The molecule has 172 valence electrons. The Morgan fingerprint density at radius 2 is 1.59 bits per heavy atom. The van der Waals surface area contributed by atoms with Crippen molar-refractivity contribution in [3.05, 3.63) is 95.6 Å². The first-order chi connectivity index (χ1) is 16.5. The SMILES string of the molecule is COc1cc(/C=N/NC(=O)C(=O)Nc2ccccc2C)ccc1OC(=O)/C=C/c1ccccc1. The summed E-state index contributed by atoms with van der Waals surface area (Å²) in [7, 11) is 1.44. The first-order valence-corrected chi connectivity index (χ1v) is 10.3. The summed E-state index contributed by atoms with van der Waals surface area (Å²) in [6.45, 7) is 1.82. The lowest BCUT2D eigenvalue weighted by atomic mass is 10.2. The van der Waals surface area contributed by atoms with E-state index in [-0.39, 0.29) is 5.75 Å². The first kappa shape index (κ1) is 23.9. The van der Waals surface area contributed by atoms with Crippen molar-refractivity contribution in [3.8, 4) is 11.5 Å². The Bertz CT molecular complexity index is 1240. The molecule has 8 heteroatoms. The minimum absolute atomic E-state index is 0.226. The van der Waals surface area contributed by atoms with Gasteiger partial charge in [0.15, 0.2) is 11.5 Å². The van der Waals surface area contributed by atoms with E-state index in [0.29, 0.717) is 17.0 Å². The van der Waals surface area contributed by atoms with Crippen molar-refractivity contribution in [3.63, 3.8) is 0 Å². The molecule has 0 saturated heterocycles. The number of benzene rings is 3. The average Bonchev–Trinajstić information content (AvgIpc) is 2.85. The molecule has 0 aromatic heterocycles. The second-order valence-electron chi connectivity index (χ2n) is 7.04. The molecule has 0 fully saturated rings. The zero-order valence-corrected chi connectivity index (χ0v) is 18.6. The Balaban J connectivity index is 1.57. The number of hydrogen-bond acceptors (Lipinski definition) is 6. The molecule has 3 aromatic carbocycles. The lowest BCUT2D eigenvalue weighted by Crippen LogP contribution is -2.32. The third-order valence-corrected chi connectivity index (χ3v) is 4.59. The summed E-state index contributed by atoms with van der Waals surface area (Å²) in [4.78, 5) is 36.1. The van der Waals surface area contributed by atoms with E-state index in [1.807, 2.05) is 49.4 Å². The van der Waals surface area contributed by atoms with Crippen LogP contribution in [0.25, 0.3) is 6.08 Å². The third kappa shape index (κ3) is 6.89. The fourth-order valence-corrected chi connectivity index (χ4v) is 2.83. The van der Waals surface area contributed by atoms with Gasteiger partial charge in [-0.05, 0) is 54.0 Å². The molecule has 0 spiro atoms. The highest BCUT2D eigenvalue weighted by molar-refractivity contribution is 6.39. The summed E-state index contributed by atoms with van der Waals surface area (Å²) in [6, 6.07) is 21.2. The van der Waals surface area contributed by atoms with Crippen LogP contribution in [-0.4, -0.2) is 31.1 Å². The normalized spacial score (nSPS) is 10.8. The maximum Gasteiger partial charge on any atom is 0.336 e. The number of carbonyl (C=O) groups is 3. The average molecular weight is 457 g/mol. The van der Waals surface area contributed by atoms with Crippen molar-refractivity contribution in [1.29, 1.82) is 0 Å². The Kier molecular flexibility index (Phi) is 8.29. The van der Waals surface area contributed by atoms with Crippen LogP contribution >= 0.6 is 0 Å². The van der Waals surface area contributed by atoms with E-state index in [9.17, 15) is 14.4 Å². The largest absolute Gasteiger partial charge is 0.493 e. The number of esters is 1. The van der Waals surface area contributed by atoms with E-state index >= 15 is 0 Å². The van der Waals surface area contributed by atoms with Gasteiger partial charge in [-0.1, -0.05) is 48.5 Å². The van der Waals surface area contributed by atoms with E-state index in [0.717, 1.165) is 11.1 Å². The third-order valence-electron chi connectivity index (χ3n) is 4.59. The number of anilines is 1. The predicted molar refractivity (Wildman–Crippen MR) is 130 cm³/mol. The van der Waals surface area contributed by atoms with Crippen LogP contribution in [0.15, 0.2) is 84.0 Å². The van der Waals surface area contributed by atoms with Gasteiger partial charge >= 0.3 is 17.8 Å². The molecule has 0 heterocycles. The molecule has 0 radical (unpaired) electrons. The number of amides is 2. The fraction of sp³-hybridized carbons (Fsp3) is 0.0769. The highest BCUT2D eigenvalue weighted by Crippen LogP contribution is 2.27. The van der Waals surface area contributed by atoms with Gasteiger partial charge in [0.25, 0.3) is 0 Å². The minimum atomic E-state index is -0.915. The van der Waals surface area contributed by atoms with Crippen LogP contribution in [0.3, 0.4) is 0 Å². The van der Waals surface area contributed by atoms with E-state index < -0.39 is 17.8 Å². The summed E-state index contributed by atoms with van der Waals surface area (Å²) in [5, 5.41) is 6.32. The molecule has 3 rings (SSSR count). The Morgan fingerprint density at radius 1 is 0.853 bits per heavy atom. The number of hydrazone groups is 1. The van der Waals surface area contributed by atoms with Gasteiger partial charge in [-0.15, -0.1) is 0 Å².